The molecule has 1 saturated carbocycles. The molecule has 1 aromatic rings. The Balaban J connectivity index is 0.000000441. The van der Waals surface area contributed by atoms with Crippen LogP contribution in [0.15, 0.2) is 49.1 Å². The molecule has 1 N–H and O–H groups in total. The van der Waals surface area contributed by atoms with E-state index in [9.17, 15) is 0 Å². The van der Waals surface area contributed by atoms with Crippen LogP contribution in [0.25, 0.3) is 0 Å². The fraction of sp³-hybridized carbons (Fsp3) is 0.444. The summed E-state index contributed by atoms with van der Waals surface area (Å²) in [5.41, 5.74) is 1.24. The highest BCUT2D eigenvalue weighted by Gasteiger charge is 2.28. The average Bonchev–Trinajstić information content (AvgIpc) is 2.43. The molecule has 1 fully saturated rings. The molecule has 2 nitrogen and oxygen atoms in total. The van der Waals surface area contributed by atoms with E-state index >= 15 is 0 Å². The van der Waals surface area contributed by atoms with Gasteiger partial charge in [-0.25, -0.2) is 0 Å². The lowest BCUT2D eigenvalue weighted by atomic mass is 9.92. The molecule has 2 rings (SSSR count). The summed E-state index contributed by atoms with van der Waals surface area (Å²) in [7, 11) is 0. The van der Waals surface area contributed by atoms with Crippen molar-refractivity contribution in [2.45, 2.75) is 52.7 Å². The van der Waals surface area contributed by atoms with Gasteiger partial charge in [-0.3, -0.25) is 0 Å². The van der Waals surface area contributed by atoms with Crippen LogP contribution in [0, 0.1) is 6.92 Å². The van der Waals surface area contributed by atoms with Crippen molar-refractivity contribution in [3.8, 4) is 5.75 Å². The molecule has 0 saturated heterocycles. The molecule has 0 aromatic heterocycles. The maximum atomic E-state index is 9.06. The highest BCUT2D eigenvalue weighted by molar-refractivity contribution is 5.26. The van der Waals surface area contributed by atoms with E-state index < -0.39 is 0 Å². The molecule has 0 amide bonds. The van der Waals surface area contributed by atoms with Gasteiger partial charge in [0.15, 0.2) is 0 Å². The summed E-state index contributed by atoms with van der Waals surface area (Å²) in [5, 5.41) is 9.06. The van der Waals surface area contributed by atoms with Crippen molar-refractivity contribution in [1.29, 1.82) is 0 Å². The van der Waals surface area contributed by atoms with Gasteiger partial charge in [0.2, 0.25) is 0 Å². The Morgan fingerprint density at radius 2 is 1.75 bits per heavy atom. The molecule has 0 radical (unpaired) electrons. The number of hydrogen-bond donors (Lipinski definition) is 1. The van der Waals surface area contributed by atoms with E-state index in [1.165, 1.54) is 5.56 Å². The molecule has 0 bridgehead atoms. The summed E-state index contributed by atoms with van der Waals surface area (Å²) in [5.74, 6) is 0.905. The maximum Gasteiger partial charge on any atom is 0.119 e. The van der Waals surface area contributed by atoms with Crippen molar-refractivity contribution in [3.63, 3.8) is 0 Å². The molecule has 1 aliphatic carbocycles. The van der Waals surface area contributed by atoms with Crippen LogP contribution in [0.2, 0.25) is 0 Å². The molecule has 1 aromatic carbocycles. The zero-order valence-electron chi connectivity index (χ0n) is 13.2. The largest absolute Gasteiger partial charge is 0.490 e. The molecule has 0 atom stereocenters. The Kier molecular flexibility index (Phi) is 10.4. The van der Waals surface area contributed by atoms with Crippen LogP contribution >= 0.6 is 0 Å². The summed E-state index contributed by atoms with van der Waals surface area (Å²) in [4.78, 5) is 0. The lowest BCUT2D eigenvalue weighted by Crippen LogP contribution is -2.37. The summed E-state index contributed by atoms with van der Waals surface area (Å²) in [6.07, 6.45) is 7.20. The summed E-state index contributed by atoms with van der Waals surface area (Å²) in [6, 6.07) is 8.01. The fourth-order valence-electron chi connectivity index (χ4n) is 1.58. The number of allylic oxidation sites excluding steroid dienone is 3. The van der Waals surface area contributed by atoms with E-state index in [2.05, 4.69) is 13.5 Å². The van der Waals surface area contributed by atoms with Gasteiger partial charge in [0.25, 0.3) is 0 Å². The zero-order chi connectivity index (χ0) is 15.4. The minimum absolute atomic E-state index is 0.143. The van der Waals surface area contributed by atoms with Gasteiger partial charge in [-0.1, -0.05) is 56.4 Å². The monoisotopic (exact) mass is 276 g/mol. The molecule has 20 heavy (non-hydrogen) atoms. The zero-order valence-corrected chi connectivity index (χ0v) is 13.2. The van der Waals surface area contributed by atoms with Crippen molar-refractivity contribution >= 4 is 0 Å². The average molecular weight is 276 g/mol. The Bertz CT molecular complexity index is 373. The molecule has 2 heteroatoms. The number of aryl methyl sites for hydroxylation is 1. The fourth-order valence-corrected chi connectivity index (χ4v) is 1.58. The number of ether oxygens (including phenoxy) is 1. The normalized spacial score (nSPS) is 19.9. The molecule has 0 aliphatic heterocycles. The predicted octanol–water partition coefficient (Wildman–Crippen LogP) is 4.67. The first-order valence-corrected chi connectivity index (χ1v) is 7.30. The Morgan fingerprint density at radius 3 is 2.10 bits per heavy atom. The first-order valence-electron chi connectivity index (χ1n) is 7.30. The molecule has 0 unspecified atom stereocenters. The summed E-state index contributed by atoms with van der Waals surface area (Å²) < 4.78 is 5.62. The molecule has 0 spiro atoms. The molecule has 1 aliphatic rings. The van der Waals surface area contributed by atoms with E-state index in [0.29, 0.717) is 0 Å². The van der Waals surface area contributed by atoms with Crippen LogP contribution in [0.4, 0.5) is 0 Å². The van der Waals surface area contributed by atoms with E-state index in [1.807, 2.05) is 57.2 Å². The van der Waals surface area contributed by atoms with Crippen LogP contribution in [0.5, 0.6) is 5.75 Å². The molecular formula is C18H28O2. The molecule has 0 heterocycles. The van der Waals surface area contributed by atoms with Crippen molar-refractivity contribution in [3.05, 3.63) is 54.6 Å². The number of rotatable bonds is 3. The van der Waals surface area contributed by atoms with Gasteiger partial charge in [-0.15, -0.1) is 0 Å². The smallest absolute Gasteiger partial charge is 0.119 e. The van der Waals surface area contributed by atoms with E-state index in [-0.39, 0.29) is 12.2 Å². The summed E-state index contributed by atoms with van der Waals surface area (Å²) >= 11 is 0. The van der Waals surface area contributed by atoms with E-state index in [4.69, 9.17) is 9.84 Å². The lowest BCUT2D eigenvalue weighted by Gasteiger charge is -2.31. The van der Waals surface area contributed by atoms with Gasteiger partial charge in [-0.2, -0.15) is 0 Å². The minimum Gasteiger partial charge on any atom is -0.490 e. The number of aliphatic hydroxyl groups is 1. The highest BCUT2D eigenvalue weighted by atomic mass is 16.5. The number of hydrogen-bond acceptors (Lipinski definition) is 2. The summed E-state index contributed by atoms with van der Waals surface area (Å²) in [6.45, 7) is 11.5. The van der Waals surface area contributed by atoms with E-state index in [0.717, 1.165) is 18.6 Å². The van der Waals surface area contributed by atoms with Gasteiger partial charge in [0.05, 0.1) is 6.10 Å². The van der Waals surface area contributed by atoms with Crippen molar-refractivity contribution in [1.82, 2.24) is 0 Å². The van der Waals surface area contributed by atoms with Crippen LogP contribution in [0.3, 0.4) is 0 Å². The van der Waals surface area contributed by atoms with Gasteiger partial charge >= 0.3 is 0 Å². The maximum absolute atomic E-state index is 9.06. The quantitative estimate of drug-likeness (QED) is 0.813. The Hall–Kier alpha value is -1.54. The van der Waals surface area contributed by atoms with Gasteiger partial charge in [0.1, 0.15) is 11.9 Å². The Labute approximate surface area is 123 Å². The second-order valence-corrected chi connectivity index (χ2v) is 4.44. The Morgan fingerprint density at radius 1 is 1.20 bits per heavy atom. The van der Waals surface area contributed by atoms with Gasteiger partial charge < -0.3 is 9.84 Å². The van der Waals surface area contributed by atoms with Crippen molar-refractivity contribution in [2.24, 2.45) is 0 Å². The van der Waals surface area contributed by atoms with Crippen LogP contribution in [0.1, 0.15) is 39.2 Å². The number of aliphatic hydroxyl groups excluding tert-OH is 1. The van der Waals surface area contributed by atoms with Gasteiger partial charge in [0, 0.05) is 12.8 Å². The molecular weight excluding hydrogens is 248 g/mol. The van der Waals surface area contributed by atoms with Crippen LogP contribution in [-0.4, -0.2) is 17.3 Å². The number of benzene rings is 1. The van der Waals surface area contributed by atoms with E-state index in [1.54, 1.807) is 6.08 Å². The van der Waals surface area contributed by atoms with Crippen LogP contribution in [-0.2, 0) is 0 Å². The second kappa shape index (κ2) is 11.3. The third-order valence-corrected chi connectivity index (χ3v) is 2.72. The highest BCUT2D eigenvalue weighted by Crippen LogP contribution is 2.25. The van der Waals surface area contributed by atoms with Crippen LogP contribution < -0.4 is 4.74 Å². The first-order chi connectivity index (χ1) is 9.65. The predicted molar refractivity (Wildman–Crippen MR) is 87.2 cm³/mol. The SMILES string of the molecule is C=C/C=C\C.CC.Cc1ccc(OC2CC(O)C2)cc1. The minimum atomic E-state index is -0.143. The third kappa shape index (κ3) is 7.80. The van der Waals surface area contributed by atoms with Crippen molar-refractivity contribution < 1.29 is 9.84 Å². The topological polar surface area (TPSA) is 29.5 Å². The standard InChI is InChI=1S/C11H14O2.C5H8.C2H6/c1-8-2-4-10(5-3-8)13-11-6-9(12)7-11;1-3-5-4-2;1-2/h2-5,9,11-12H,6-7H2,1H3;3-5H,1H2,2H3;1-2H3/b;5-4-;. The molecule has 112 valence electrons. The first kappa shape index (κ1) is 18.5. The van der Waals surface area contributed by atoms with Crippen molar-refractivity contribution in [2.75, 3.05) is 0 Å². The van der Waals surface area contributed by atoms with Gasteiger partial charge in [-0.05, 0) is 26.0 Å². The lowest BCUT2D eigenvalue weighted by molar-refractivity contribution is -0.0107. The third-order valence-electron chi connectivity index (χ3n) is 2.72. The second-order valence-electron chi connectivity index (χ2n) is 4.44.